The van der Waals surface area contributed by atoms with Gasteiger partial charge in [0.05, 0.1) is 11.3 Å². The summed E-state index contributed by atoms with van der Waals surface area (Å²) in [5.41, 5.74) is 12.6. The van der Waals surface area contributed by atoms with Crippen LogP contribution in [0.2, 0.25) is 0 Å². The van der Waals surface area contributed by atoms with Crippen LogP contribution in [-0.4, -0.2) is 15.3 Å². The molecule has 0 atom stereocenters. The third kappa shape index (κ3) is 2.30. The van der Waals surface area contributed by atoms with Gasteiger partial charge in [0.25, 0.3) is 5.91 Å². The maximum Gasteiger partial charge on any atom is 0.252 e. The number of nitrogens with two attached hydrogens (primary N) is 2. The van der Waals surface area contributed by atoms with Gasteiger partial charge in [0.1, 0.15) is 12.4 Å². The lowest BCUT2D eigenvalue weighted by Gasteiger charge is -2.09. The highest BCUT2D eigenvalue weighted by molar-refractivity contribution is 7.15. The van der Waals surface area contributed by atoms with Gasteiger partial charge in [-0.1, -0.05) is 0 Å². The second kappa shape index (κ2) is 4.86. The molecule has 1 amide bonds. The first-order valence-corrected chi connectivity index (χ1v) is 6.74. The van der Waals surface area contributed by atoms with Crippen LogP contribution in [0.3, 0.4) is 0 Å². The minimum Gasteiger partial charge on any atom is -0.486 e. The Hall–Kier alpha value is -2.54. The Morgan fingerprint density at radius 3 is 3.05 bits per heavy atom. The molecule has 0 unspecified atom stereocenters. The van der Waals surface area contributed by atoms with E-state index < -0.39 is 5.91 Å². The van der Waals surface area contributed by atoms with Crippen LogP contribution in [0.4, 0.5) is 5.69 Å². The molecule has 0 aliphatic rings. The molecule has 0 fully saturated rings. The van der Waals surface area contributed by atoms with E-state index >= 15 is 0 Å². The van der Waals surface area contributed by atoms with Gasteiger partial charge in [0, 0.05) is 29.5 Å². The Kier molecular flexibility index (Phi) is 3.03. The lowest BCUT2D eigenvalue weighted by Crippen LogP contribution is -2.13. The summed E-state index contributed by atoms with van der Waals surface area (Å²) in [5, 5.41) is 1.95. The Morgan fingerprint density at radius 2 is 2.30 bits per heavy atom. The zero-order chi connectivity index (χ0) is 14.1. The minimum atomic E-state index is -0.550. The van der Waals surface area contributed by atoms with E-state index in [-0.39, 0.29) is 6.61 Å². The van der Waals surface area contributed by atoms with E-state index in [1.54, 1.807) is 29.5 Å². The van der Waals surface area contributed by atoms with Crippen molar-refractivity contribution in [3.05, 3.63) is 47.2 Å². The summed E-state index contributed by atoms with van der Waals surface area (Å²) in [4.78, 5) is 16.6. The predicted octanol–water partition coefficient (Wildman–Crippen LogP) is 1.66. The zero-order valence-corrected chi connectivity index (χ0v) is 11.3. The molecule has 20 heavy (non-hydrogen) atoms. The van der Waals surface area contributed by atoms with Crippen molar-refractivity contribution in [2.75, 3.05) is 5.73 Å². The molecule has 3 rings (SSSR count). The Morgan fingerprint density at radius 1 is 1.45 bits per heavy atom. The first kappa shape index (κ1) is 12.5. The van der Waals surface area contributed by atoms with Gasteiger partial charge in [0.15, 0.2) is 4.96 Å². The van der Waals surface area contributed by atoms with Crippen molar-refractivity contribution in [3.8, 4) is 5.75 Å². The van der Waals surface area contributed by atoms with E-state index in [0.717, 1.165) is 10.7 Å². The molecule has 6 nitrogen and oxygen atoms in total. The number of amides is 1. The SMILES string of the molecule is NC(=O)c1ccc(N)cc1OCc1cn2ccsc2n1. The maximum atomic E-state index is 11.3. The van der Waals surface area contributed by atoms with Crippen LogP contribution in [0.5, 0.6) is 5.75 Å². The fraction of sp³-hybridized carbons (Fsp3) is 0.0769. The fourth-order valence-electron chi connectivity index (χ4n) is 1.86. The molecule has 0 saturated heterocycles. The van der Waals surface area contributed by atoms with Crippen LogP contribution < -0.4 is 16.2 Å². The third-order valence-corrected chi connectivity index (χ3v) is 3.56. The summed E-state index contributed by atoms with van der Waals surface area (Å²) < 4.78 is 7.53. The van der Waals surface area contributed by atoms with Gasteiger partial charge in [-0.2, -0.15) is 0 Å². The highest BCUT2D eigenvalue weighted by Crippen LogP contribution is 2.22. The highest BCUT2D eigenvalue weighted by Gasteiger charge is 2.11. The van der Waals surface area contributed by atoms with Crippen LogP contribution in [0, 0.1) is 0 Å². The Bertz CT molecular complexity index is 749. The highest BCUT2D eigenvalue weighted by atomic mass is 32.1. The molecular weight excluding hydrogens is 276 g/mol. The summed E-state index contributed by atoms with van der Waals surface area (Å²) in [6.07, 6.45) is 3.80. The smallest absolute Gasteiger partial charge is 0.252 e. The van der Waals surface area contributed by atoms with Gasteiger partial charge in [-0.3, -0.25) is 9.20 Å². The van der Waals surface area contributed by atoms with Crippen molar-refractivity contribution < 1.29 is 9.53 Å². The summed E-state index contributed by atoms with van der Waals surface area (Å²) in [6, 6.07) is 4.75. The average molecular weight is 288 g/mol. The molecule has 0 radical (unpaired) electrons. The number of carbonyl (C=O) groups excluding carboxylic acids is 1. The normalized spacial score (nSPS) is 10.8. The summed E-state index contributed by atoms with van der Waals surface area (Å²) in [7, 11) is 0. The van der Waals surface area contributed by atoms with E-state index in [2.05, 4.69) is 4.98 Å². The standard InChI is InChI=1S/C13H12N4O2S/c14-8-1-2-10(12(15)18)11(5-8)19-7-9-6-17-3-4-20-13(17)16-9/h1-6H,7,14H2,(H2,15,18). The number of nitrogen functional groups attached to an aromatic ring is 1. The topological polar surface area (TPSA) is 95.6 Å². The molecule has 0 aliphatic carbocycles. The average Bonchev–Trinajstić information content (AvgIpc) is 2.96. The molecule has 2 heterocycles. The first-order valence-electron chi connectivity index (χ1n) is 5.86. The number of hydrogen-bond acceptors (Lipinski definition) is 5. The van der Waals surface area contributed by atoms with Gasteiger partial charge in [-0.25, -0.2) is 4.98 Å². The number of imidazole rings is 1. The zero-order valence-electron chi connectivity index (χ0n) is 10.4. The largest absolute Gasteiger partial charge is 0.486 e. The van der Waals surface area contributed by atoms with Gasteiger partial charge < -0.3 is 16.2 Å². The van der Waals surface area contributed by atoms with Gasteiger partial charge in [-0.15, -0.1) is 11.3 Å². The molecular formula is C13H12N4O2S. The van der Waals surface area contributed by atoms with E-state index in [0.29, 0.717) is 17.0 Å². The van der Waals surface area contributed by atoms with Crippen LogP contribution in [0.15, 0.2) is 36.0 Å². The molecule has 0 aliphatic heterocycles. The quantitative estimate of drug-likeness (QED) is 0.714. The predicted molar refractivity (Wildman–Crippen MR) is 76.8 cm³/mol. The van der Waals surface area contributed by atoms with E-state index in [1.165, 1.54) is 0 Å². The van der Waals surface area contributed by atoms with Gasteiger partial charge in [0.2, 0.25) is 0 Å². The molecule has 4 N–H and O–H groups in total. The number of fused-ring (bicyclic) bond motifs is 1. The molecule has 2 aromatic heterocycles. The van der Waals surface area contributed by atoms with Crippen molar-refractivity contribution in [1.82, 2.24) is 9.38 Å². The Balaban J connectivity index is 1.82. The summed E-state index contributed by atoms with van der Waals surface area (Å²) in [5.74, 6) is -0.181. The van der Waals surface area contributed by atoms with E-state index in [9.17, 15) is 4.79 Å². The van der Waals surface area contributed by atoms with Crippen molar-refractivity contribution in [1.29, 1.82) is 0 Å². The third-order valence-electron chi connectivity index (χ3n) is 2.79. The molecule has 7 heteroatoms. The van der Waals surface area contributed by atoms with Gasteiger partial charge >= 0.3 is 0 Å². The first-order chi connectivity index (χ1) is 9.63. The number of anilines is 1. The molecule has 3 aromatic rings. The number of carbonyl (C=O) groups is 1. The Labute approximate surface area is 118 Å². The number of aromatic nitrogens is 2. The number of hydrogen-bond donors (Lipinski definition) is 2. The fourth-order valence-corrected chi connectivity index (χ4v) is 2.58. The molecule has 0 bridgehead atoms. The summed E-state index contributed by atoms with van der Waals surface area (Å²) >= 11 is 1.54. The second-order valence-corrected chi connectivity index (χ2v) is 5.11. The van der Waals surface area contributed by atoms with Crippen molar-refractivity contribution in [2.45, 2.75) is 6.61 Å². The molecule has 0 spiro atoms. The molecule has 0 saturated carbocycles. The van der Waals surface area contributed by atoms with Crippen LogP contribution in [0.25, 0.3) is 4.96 Å². The van der Waals surface area contributed by atoms with Crippen LogP contribution in [0.1, 0.15) is 16.1 Å². The number of ether oxygens (including phenoxy) is 1. The number of thiazole rings is 1. The van der Waals surface area contributed by atoms with Crippen molar-refractivity contribution >= 4 is 27.9 Å². The summed E-state index contributed by atoms with van der Waals surface area (Å²) in [6.45, 7) is 0.248. The van der Waals surface area contributed by atoms with E-state index in [4.69, 9.17) is 16.2 Å². The number of rotatable bonds is 4. The van der Waals surface area contributed by atoms with E-state index in [1.807, 2.05) is 22.2 Å². The van der Waals surface area contributed by atoms with Gasteiger partial charge in [-0.05, 0) is 12.1 Å². The lowest BCUT2D eigenvalue weighted by atomic mass is 10.1. The number of primary amides is 1. The van der Waals surface area contributed by atoms with Crippen LogP contribution >= 0.6 is 11.3 Å². The van der Waals surface area contributed by atoms with Crippen LogP contribution in [-0.2, 0) is 6.61 Å². The van der Waals surface area contributed by atoms with Crippen molar-refractivity contribution in [2.24, 2.45) is 5.73 Å². The second-order valence-electron chi connectivity index (χ2n) is 4.23. The lowest BCUT2D eigenvalue weighted by molar-refractivity contribution is 0.0996. The number of nitrogens with zero attached hydrogens (tertiary/aromatic N) is 2. The maximum absolute atomic E-state index is 11.3. The molecule has 1 aromatic carbocycles. The number of benzene rings is 1. The minimum absolute atomic E-state index is 0.248. The molecule has 102 valence electrons. The monoisotopic (exact) mass is 288 g/mol. The van der Waals surface area contributed by atoms with Crippen molar-refractivity contribution in [3.63, 3.8) is 0 Å².